The summed E-state index contributed by atoms with van der Waals surface area (Å²) in [6.07, 6.45) is 13.3. The van der Waals surface area contributed by atoms with E-state index in [9.17, 15) is 0 Å². The van der Waals surface area contributed by atoms with Crippen molar-refractivity contribution >= 4 is 0 Å². The van der Waals surface area contributed by atoms with E-state index < -0.39 is 0 Å². The first-order valence-corrected chi connectivity index (χ1v) is 4.21. The molecule has 3 aliphatic carbocycles. The average Bonchev–Trinajstić information content (AvgIpc) is 2.60. The van der Waals surface area contributed by atoms with Crippen LogP contribution in [0.3, 0.4) is 0 Å². The Labute approximate surface area is 79.9 Å². The maximum absolute atomic E-state index is 3.46. The van der Waals surface area contributed by atoms with Gasteiger partial charge in [0.05, 0.1) is 0 Å². The van der Waals surface area contributed by atoms with Crippen LogP contribution in [0.2, 0.25) is 0 Å². The Morgan fingerprint density at radius 1 is 1.36 bits per heavy atom. The van der Waals surface area contributed by atoms with Crippen LogP contribution < -0.4 is 18.9 Å². The van der Waals surface area contributed by atoms with Crippen molar-refractivity contribution in [1.29, 1.82) is 0 Å². The van der Waals surface area contributed by atoms with E-state index in [1.807, 2.05) is 0 Å². The Morgan fingerprint density at radius 2 is 2.27 bits per heavy atom. The van der Waals surface area contributed by atoms with E-state index in [1.165, 1.54) is 12.8 Å². The Balaban J connectivity index is 0.000000480. The van der Waals surface area contributed by atoms with Gasteiger partial charge in [-0.3, -0.25) is 6.08 Å². The maximum atomic E-state index is 3.46. The fraction of sp³-hybridized carbons (Fsp3) is 0.600. The molecule has 1 heteroatoms. The van der Waals surface area contributed by atoms with Crippen molar-refractivity contribution in [3.05, 3.63) is 24.3 Å². The number of allylic oxidation sites excluding steroid dienone is 4. The Hall–Kier alpha value is 0.0774. The fourth-order valence-electron chi connectivity index (χ4n) is 2.83. The monoisotopic (exact) mass is 138 g/mol. The molecular formula is C10H11Li. The smallest absolute Gasteiger partial charge is 0.497 e. The summed E-state index contributed by atoms with van der Waals surface area (Å²) < 4.78 is 0. The second-order valence-corrected chi connectivity index (χ2v) is 3.74. The van der Waals surface area contributed by atoms with E-state index >= 15 is 0 Å². The first-order chi connectivity index (χ1) is 4.95. The van der Waals surface area contributed by atoms with Gasteiger partial charge < -0.3 is 6.08 Å². The quantitative estimate of drug-likeness (QED) is 0.233. The summed E-state index contributed by atoms with van der Waals surface area (Å²) in [7, 11) is 0. The van der Waals surface area contributed by atoms with Crippen LogP contribution in [0.15, 0.2) is 18.2 Å². The summed E-state index contributed by atoms with van der Waals surface area (Å²) in [6.45, 7) is 0. The zero-order valence-corrected chi connectivity index (χ0v) is 6.96. The van der Waals surface area contributed by atoms with Crippen LogP contribution >= 0.6 is 0 Å². The molecule has 4 atom stereocenters. The van der Waals surface area contributed by atoms with Gasteiger partial charge in [0, 0.05) is 0 Å². The normalized spacial score (nSPS) is 49.5. The fourth-order valence-corrected chi connectivity index (χ4v) is 2.83. The number of hydrogen-bond donors (Lipinski definition) is 0. The molecule has 52 valence electrons. The topological polar surface area (TPSA) is 0 Å². The summed E-state index contributed by atoms with van der Waals surface area (Å²) in [4.78, 5) is 0. The summed E-state index contributed by atoms with van der Waals surface area (Å²) in [5.74, 6) is 3.56. The van der Waals surface area contributed by atoms with Crippen molar-refractivity contribution in [2.24, 2.45) is 23.7 Å². The van der Waals surface area contributed by atoms with Crippen LogP contribution in [-0.2, 0) is 0 Å². The van der Waals surface area contributed by atoms with E-state index in [0.717, 1.165) is 23.7 Å². The molecular weight excluding hydrogens is 127 g/mol. The molecule has 0 amide bonds. The van der Waals surface area contributed by atoms with Gasteiger partial charge in [0.2, 0.25) is 0 Å². The van der Waals surface area contributed by atoms with Gasteiger partial charge in [-0.05, 0) is 12.3 Å². The first kappa shape index (κ1) is 7.71. The van der Waals surface area contributed by atoms with Crippen molar-refractivity contribution < 1.29 is 18.9 Å². The minimum atomic E-state index is 0. The average molecular weight is 138 g/mol. The number of hydrogen-bond acceptors (Lipinski definition) is 0. The molecule has 4 unspecified atom stereocenters. The zero-order chi connectivity index (χ0) is 6.55. The predicted molar refractivity (Wildman–Crippen MR) is 40.1 cm³/mol. The van der Waals surface area contributed by atoms with Gasteiger partial charge >= 0.3 is 18.9 Å². The molecule has 0 heterocycles. The van der Waals surface area contributed by atoms with E-state index in [-0.39, 0.29) is 18.9 Å². The molecule has 2 bridgehead atoms. The van der Waals surface area contributed by atoms with Gasteiger partial charge in [0.1, 0.15) is 0 Å². The summed E-state index contributed by atoms with van der Waals surface area (Å²) in [6, 6.07) is 0. The predicted octanol–water partition coefficient (Wildman–Crippen LogP) is -0.808. The van der Waals surface area contributed by atoms with Crippen molar-refractivity contribution in [1.82, 2.24) is 0 Å². The Morgan fingerprint density at radius 3 is 3.09 bits per heavy atom. The van der Waals surface area contributed by atoms with E-state index in [4.69, 9.17) is 0 Å². The molecule has 0 N–H and O–H groups in total. The second kappa shape index (κ2) is 2.54. The maximum Gasteiger partial charge on any atom is 1.00 e. The molecule has 0 spiro atoms. The Kier molecular flexibility index (Phi) is 1.78. The molecule has 3 aliphatic rings. The molecule has 1 fully saturated rings. The molecule has 0 aromatic heterocycles. The molecule has 0 aromatic rings. The molecule has 0 nitrogen and oxygen atoms in total. The Bertz CT molecular complexity index is 217. The minimum absolute atomic E-state index is 0. The largest absolute Gasteiger partial charge is 1.00 e. The standard InChI is InChI=1S/C10H11.Li/c1-2-9-7-4-5-8(6-7)10(9)3-1;/h1-2,4,7-10H,3,6H2;/q-1;+1. The molecule has 0 aromatic carbocycles. The molecule has 11 heavy (non-hydrogen) atoms. The van der Waals surface area contributed by atoms with Crippen LogP contribution in [0.25, 0.3) is 0 Å². The van der Waals surface area contributed by atoms with Crippen molar-refractivity contribution in [3.63, 3.8) is 0 Å². The van der Waals surface area contributed by atoms with Crippen LogP contribution in [0.5, 0.6) is 0 Å². The van der Waals surface area contributed by atoms with Crippen molar-refractivity contribution in [2.75, 3.05) is 0 Å². The molecule has 0 radical (unpaired) electrons. The van der Waals surface area contributed by atoms with Crippen LogP contribution in [0.1, 0.15) is 12.8 Å². The van der Waals surface area contributed by atoms with E-state index in [2.05, 4.69) is 24.3 Å². The summed E-state index contributed by atoms with van der Waals surface area (Å²) in [5.41, 5.74) is 0. The number of rotatable bonds is 0. The minimum Gasteiger partial charge on any atom is -0.497 e. The van der Waals surface area contributed by atoms with Crippen LogP contribution in [-0.4, -0.2) is 0 Å². The van der Waals surface area contributed by atoms with Gasteiger partial charge in [0.25, 0.3) is 0 Å². The SMILES string of the molecule is [C-]1=CC2CC1C1CC=CC21.[Li+]. The van der Waals surface area contributed by atoms with E-state index in [0.29, 0.717) is 0 Å². The van der Waals surface area contributed by atoms with Gasteiger partial charge in [-0.25, -0.2) is 0 Å². The number of fused-ring (bicyclic) bond motifs is 5. The van der Waals surface area contributed by atoms with Crippen LogP contribution in [0, 0.1) is 29.7 Å². The first-order valence-electron chi connectivity index (χ1n) is 4.21. The zero-order valence-electron chi connectivity index (χ0n) is 6.96. The second-order valence-electron chi connectivity index (χ2n) is 3.74. The van der Waals surface area contributed by atoms with Gasteiger partial charge in [-0.1, -0.05) is 30.4 Å². The van der Waals surface area contributed by atoms with Crippen molar-refractivity contribution in [3.8, 4) is 0 Å². The molecule has 0 aliphatic heterocycles. The molecule has 0 saturated heterocycles. The van der Waals surface area contributed by atoms with E-state index in [1.54, 1.807) is 0 Å². The van der Waals surface area contributed by atoms with Gasteiger partial charge in [0.15, 0.2) is 0 Å². The summed E-state index contributed by atoms with van der Waals surface area (Å²) >= 11 is 0. The van der Waals surface area contributed by atoms with Crippen LogP contribution in [0.4, 0.5) is 0 Å². The molecule has 1 saturated carbocycles. The van der Waals surface area contributed by atoms with Crippen molar-refractivity contribution in [2.45, 2.75) is 12.8 Å². The van der Waals surface area contributed by atoms with Gasteiger partial charge in [-0.2, -0.15) is 5.92 Å². The summed E-state index contributed by atoms with van der Waals surface area (Å²) in [5, 5.41) is 0. The third-order valence-corrected chi connectivity index (χ3v) is 3.32. The third-order valence-electron chi connectivity index (χ3n) is 3.32. The van der Waals surface area contributed by atoms with Gasteiger partial charge in [-0.15, -0.1) is 0 Å². The third kappa shape index (κ3) is 0.897. The molecule has 3 rings (SSSR count).